The number of anilines is 1. The van der Waals surface area contributed by atoms with E-state index in [1.54, 1.807) is 6.07 Å². The van der Waals surface area contributed by atoms with Gasteiger partial charge in [-0.05, 0) is 56.9 Å². The van der Waals surface area contributed by atoms with E-state index in [9.17, 15) is 4.79 Å². The molecule has 0 aromatic heterocycles. The highest BCUT2D eigenvalue weighted by atomic mass is 35.5. The third kappa shape index (κ3) is 4.76. The van der Waals surface area contributed by atoms with E-state index in [-0.39, 0.29) is 5.91 Å². The van der Waals surface area contributed by atoms with Crippen LogP contribution in [0.3, 0.4) is 0 Å². The minimum Gasteiger partial charge on any atom is -0.381 e. The zero-order valence-electron chi connectivity index (χ0n) is 17.1. The van der Waals surface area contributed by atoms with Gasteiger partial charge in [0, 0.05) is 61.3 Å². The van der Waals surface area contributed by atoms with Crippen LogP contribution in [0.15, 0.2) is 28.3 Å². The van der Waals surface area contributed by atoms with Crippen LogP contribution < -0.4 is 10.2 Å². The Labute approximate surface area is 172 Å². The summed E-state index contributed by atoms with van der Waals surface area (Å²) in [6.45, 7) is 9.89. The zero-order chi connectivity index (χ0) is 20.1. The van der Waals surface area contributed by atoms with Crippen molar-refractivity contribution < 1.29 is 9.53 Å². The van der Waals surface area contributed by atoms with Gasteiger partial charge in [-0.2, -0.15) is 0 Å². The van der Waals surface area contributed by atoms with Gasteiger partial charge in [-0.1, -0.05) is 17.2 Å². The van der Waals surface area contributed by atoms with Gasteiger partial charge in [0.05, 0.1) is 6.54 Å². The van der Waals surface area contributed by atoms with Crippen LogP contribution in [0.5, 0.6) is 0 Å². The summed E-state index contributed by atoms with van der Waals surface area (Å²) in [7, 11) is 0. The predicted octanol–water partition coefficient (Wildman–Crippen LogP) is 4.17. The molecule has 0 aliphatic carbocycles. The van der Waals surface area contributed by atoms with Crippen molar-refractivity contribution in [3.63, 3.8) is 0 Å². The smallest absolute Gasteiger partial charge is 0.251 e. The number of hydrogen-bond donors (Lipinski definition) is 1. The molecule has 0 saturated carbocycles. The summed E-state index contributed by atoms with van der Waals surface area (Å²) in [5.74, 6) is -0.0841. The first-order chi connectivity index (χ1) is 13.5. The molecule has 1 amide bonds. The van der Waals surface area contributed by atoms with Gasteiger partial charge >= 0.3 is 0 Å². The highest BCUT2D eigenvalue weighted by Gasteiger charge is 2.24. The van der Waals surface area contributed by atoms with Crippen LogP contribution in [0, 0.1) is 6.92 Å². The lowest BCUT2D eigenvalue weighted by molar-refractivity contribution is 0.0846. The van der Waals surface area contributed by atoms with Gasteiger partial charge in [-0.25, -0.2) is 0 Å². The molecule has 0 spiro atoms. The van der Waals surface area contributed by atoms with Crippen molar-refractivity contribution in [3.8, 4) is 0 Å². The van der Waals surface area contributed by atoms with Crippen molar-refractivity contribution in [1.82, 2.24) is 5.32 Å². The number of allylic oxidation sites excluding steroid dienone is 1. The number of nitrogens with zero attached hydrogens (tertiary/aromatic N) is 2. The Morgan fingerprint density at radius 1 is 1.32 bits per heavy atom. The quantitative estimate of drug-likeness (QED) is 0.725. The first kappa shape index (κ1) is 20.9. The number of rotatable bonds is 6. The number of amides is 1. The molecule has 28 heavy (non-hydrogen) atoms. The molecule has 0 atom stereocenters. The summed E-state index contributed by atoms with van der Waals surface area (Å²) in [4.78, 5) is 19.6. The molecule has 152 valence electrons. The average Bonchev–Trinajstić information content (AvgIpc) is 2.71. The fourth-order valence-electron chi connectivity index (χ4n) is 3.97. The van der Waals surface area contributed by atoms with Gasteiger partial charge in [0.25, 0.3) is 5.91 Å². The van der Waals surface area contributed by atoms with Crippen molar-refractivity contribution in [2.75, 3.05) is 37.7 Å². The molecule has 3 rings (SSSR count). The number of ether oxygens (including phenoxy) is 1. The zero-order valence-corrected chi connectivity index (χ0v) is 17.8. The Balaban J connectivity index is 1.80. The minimum absolute atomic E-state index is 0.0841. The molecule has 0 radical (unpaired) electrons. The maximum atomic E-state index is 12.9. The predicted molar refractivity (Wildman–Crippen MR) is 116 cm³/mol. The number of carbonyl (C=O) groups is 1. The molecule has 1 aromatic rings. The molecule has 1 N–H and O–H groups in total. The Morgan fingerprint density at radius 2 is 2.07 bits per heavy atom. The lowest BCUT2D eigenvalue weighted by Crippen LogP contribution is -2.40. The molecular formula is C22H30ClN3O2. The van der Waals surface area contributed by atoms with Crippen LogP contribution in [-0.2, 0) is 4.74 Å². The number of aliphatic imine (C=N–C) groups is 1. The highest BCUT2D eigenvalue weighted by molar-refractivity contribution is 6.31. The molecule has 0 unspecified atom stereocenters. The van der Waals surface area contributed by atoms with Crippen LogP contribution in [-0.4, -0.2) is 51.0 Å². The second kappa shape index (κ2) is 9.57. The second-order valence-electron chi connectivity index (χ2n) is 7.52. The van der Waals surface area contributed by atoms with E-state index in [0.29, 0.717) is 29.7 Å². The van der Waals surface area contributed by atoms with Gasteiger partial charge in [0.15, 0.2) is 0 Å². The van der Waals surface area contributed by atoms with E-state index in [1.807, 2.05) is 19.2 Å². The van der Waals surface area contributed by atoms with Crippen molar-refractivity contribution in [2.24, 2.45) is 4.99 Å². The molecule has 2 aliphatic heterocycles. The highest BCUT2D eigenvalue weighted by Crippen LogP contribution is 2.31. The number of halogens is 1. The minimum atomic E-state index is -0.0841. The maximum Gasteiger partial charge on any atom is 0.251 e. The van der Waals surface area contributed by atoms with E-state index in [0.717, 1.165) is 50.3 Å². The summed E-state index contributed by atoms with van der Waals surface area (Å²) in [6, 6.07) is 4.17. The van der Waals surface area contributed by atoms with E-state index in [2.05, 4.69) is 29.1 Å². The molecular weight excluding hydrogens is 374 g/mol. The maximum absolute atomic E-state index is 12.9. The van der Waals surface area contributed by atoms with Crippen LogP contribution in [0.2, 0.25) is 5.02 Å². The Morgan fingerprint density at radius 3 is 2.75 bits per heavy atom. The molecule has 1 aromatic carbocycles. The van der Waals surface area contributed by atoms with Crippen molar-refractivity contribution in [3.05, 3.63) is 39.4 Å². The number of dihydropyridines is 1. The van der Waals surface area contributed by atoms with Gasteiger partial charge in [-0.15, -0.1) is 0 Å². The number of nitrogens with one attached hydrogen (secondary N) is 1. The molecule has 2 aliphatic rings. The first-order valence-corrected chi connectivity index (χ1v) is 10.5. The van der Waals surface area contributed by atoms with E-state index in [1.165, 1.54) is 11.1 Å². The molecule has 0 bridgehead atoms. The van der Waals surface area contributed by atoms with Gasteiger partial charge in [0.2, 0.25) is 0 Å². The average molecular weight is 404 g/mol. The molecule has 5 nitrogen and oxygen atoms in total. The van der Waals surface area contributed by atoms with Gasteiger partial charge in [-0.3, -0.25) is 9.79 Å². The lowest BCUT2D eigenvalue weighted by atomic mass is 10.0. The van der Waals surface area contributed by atoms with Gasteiger partial charge in [0.1, 0.15) is 0 Å². The summed E-state index contributed by atoms with van der Waals surface area (Å²) in [5, 5.41) is 3.65. The largest absolute Gasteiger partial charge is 0.381 e. The third-order valence-electron chi connectivity index (χ3n) is 5.75. The summed E-state index contributed by atoms with van der Waals surface area (Å²) in [6.07, 6.45) is 4.79. The standard InChI is InChI=1S/C22H30ClN3O2/c1-4-26(19-6-9-28-10-7-19)21-12-18(23)11-20(16(21)3)22(27)25-14-17-13-24-8-5-15(17)2/h8,11-12,19H,4-7,9-10,13-14H2,1-3H3,(H,25,27). The second-order valence-corrected chi connectivity index (χ2v) is 7.96. The fraction of sp³-hybridized carbons (Fsp3) is 0.545. The lowest BCUT2D eigenvalue weighted by Gasteiger charge is -2.36. The fourth-order valence-corrected chi connectivity index (χ4v) is 4.18. The van der Waals surface area contributed by atoms with Gasteiger partial charge < -0.3 is 15.0 Å². The Kier molecular flexibility index (Phi) is 7.13. The van der Waals surface area contributed by atoms with E-state index in [4.69, 9.17) is 16.3 Å². The number of benzene rings is 1. The monoisotopic (exact) mass is 403 g/mol. The van der Waals surface area contributed by atoms with Crippen LogP contribution in [0.1, 0.15) is 49.0 Å². The molecule has 2 heterocycles. The Hall–Kier alpha value is -1.85. The third-order valence-corrected chi connectivity index (χ3v) is 5.96. The molecule has 6 heteroatoms. The summed E-state index contributed by atoms with van der Waals surface area (Å²) < 4.78 is 5.51. The van der Waals surface area contributed by atoms with E-state index >= 15 is 0 Å². The molecule has 1 saturated heterocycles. The number of hydrogen-bond acceptors (Lipinski definition) is 4. The SMILES string of the molecule is CCN(c1cc(Cl)cc(C(=O)NCC2=C(C)CC=NC2)c1C)C1CCOCC1. The summed E-state index contributed by atoms with van der Waals surface area (Å²) in [5.41, 5.74) is 5.14. The summed E-state index contributed by atoms with van der Waals surface area (Å²) >= 11 is 6.42. The van der Waals surface area contributed by atoms with Crippen molar-refractivity contribution >= 4 is 29.4 Å². The van der Waals surface area contributed by atoms with Crippen molar-refractivity contribution in [2.45, 2.75) is 46.1 Å². The molecule has 1 fully saturated rings. The first-order valence-electron chi connectivity index (χ1n) is 10.1. The topological polar surface area (TPSA) is 53.9 Å². The van der Waals surface area contributed by atoms with Crippen LogP contribution in [0.4, 0.5) is 5.69 Å². The van der Waals surface area contributed by atoms with E-state index < -0.39 is 0 Å². The normalized spacial score (nSPS) is 17.7. The van der Waals surface area contributed by atoms with Crippen LogP contribution in [0.25, 0.3) is 0 Å². The number of carbonyl (C=O) groups excluding carboxylic acids is 1. The van der Waals surface area contributed by atoms with Crippen LogP contribution >= 0.6 is 11.6 Å². The Bertz CT molecular complexity index is 782. The van der Waals surface area contributed by atoms with Crippen molar-refractivity contribution in [1.29, 1.82) is 0 Å².